The van der Waals surface area contributed by atoms with Crippen molar-refractivity contribution in [2.24, 2.45) is 17.8 Å². The first-order chi connectivity index (χ1) is 26.8. The molecule has 4 atom stereocenters. The van der Waals surface area contributed by atoms with Crippen molar-refractivity contribution in [3.63, 3.8) is 0 Å². The van der Waals surface area contributed by atoms with Crippen LogP contribution >= 0.6 is 22.6 Å². The van der Waals surface area contributed by atoms with Gasteiger partial charge in [-0.05, 0) is 118 Å². The highest BCUT2D eigenvalue weighted by Crippen LogP contribution is 2.52. The molecule has 3 aromatic carbocycles. The molecule has 8 nitrogen and oxygen atoms in total. The van der Waals surface area contributed by atoms with Gasteiger partial charge in [-0.3, -0.25) is 14.5 Å². The van der Waals surface area contributed by atoms with Crippen molar-refractivity contribution in [2.45, 2.75) is 103 Å². The number of hydrogen-bond donors (Lipinski definition) is 2. The van der Waals surface area contributed by atoms with E-state index in [-0.39, 0.29) is 40.9 Å². The standard InChI is InChI=1S/C45H55BINO7Si/c1-29(23-30-24-37(47)42(49)39(25-30)53-5)21-22-38-40-31(28-54-56(45(2,3)4,33-17-11-7-12-18-33)34-19-13-8-14-20-34)26-35-41(36(40)27-46(52)55-38)44(51)48(43(35)50)32-15-9-6-10-16-32/h7-8,11-14,17-20,23-25,32,35-36,38,41,49,52H,6,9-10,15-16,21-22,26-28H2,1-5H3/b29-23+/t35-,36+,38-,41-/m1/s1. The number of fused-ring (bicyclic) bond motifs is 3. The zero-order valence-electron chi connectivity index (χ0n) is 33.3. The van der Waals surface area contributed by atoms with Crippen LogP contribution in [0.1, 0.15) is 84.6 Å². The third kappa shape index (κ3) is 7.83. The van der Waals surface area contributed by atoms with E-state index < -0.39 is 33.4 Å². The third-order valence-electron chi connectivity index (χ3n) is 12.6. The number of hydrogen-bond acceptors (Lipinski definition) is 7. The van der Waals surface area contributed by atoms with Gasteiger partial charge in [-0.1, -0.05) is 112 Å². The molecule has 296 valence electrons. The smallest absolute Gasteiger partial charge is 0.455 e. The molecule has 2 aliphatic carbocycles. The van der Waals surface area contributed by atoms with Gasteiger partial charge < -0.3 is 23.9 Å². The van der Waals surface area contributed by atoms with Crippen LogP contribution in [0, 0.1) is 21.3 Å². The number of aromatic hydroxyl groups is 1. The number of amides is 2. The third-order valence-corrected chi connectivity index (χ3v) is 18.5. The SMILES string of the molecule is COc1cc(/C=C(\C)CC[C@H]2OB(O)C[C@H]3C2=C(CO[Si](c2ccccc2)(c2ccccc2)C(C)(C)C)C[C@H]2C(=O)N(C4CCCCC4)C(=O)[C@H]23)cc(I)c1O. The number of likely N-dealkylation sites (tertiary alicyclic amines) is 1. The van der Waals surface area contributed by atoms with Crippen molar-refractivity contribution in [2.75, 3.05) is 13.7 Å². The number of nitrogens with zero attached hydrogens (tertiary/aromatic N) is 1. The van der Waals surface area contributed by atoms with Crippen molar-refractivity contribution in [1.82, 2.24) is 4.90 Å². The Morgan fingerprint density at radius 3 is 2.23 bits per heavy atom. The number of carbonyl (C=O) groups excluding carboxylic acids is 2. The summed E-state index contributed by atoms with van der Waals surface area (Å²) < 4.78 is 20.1. The minimum Gasteiger partial charge on any atom is -0.504 e. The predicted octanol–water partition coefficient (Wildman–Crippen LogP) is 7.90. The van der Waals surface area contributed by atoms with Crippen LogP contribution in [0.3, 0.4) is 0 Å². The maximum atomic E-state index is 14.5. The second-order valence-electron chi connectivity index (χ2n) is 17.2. The van der Waals surface area contributed by atoms with E-state index in [1.807, 2.05) is 24.3 Å². The van der Waals surface area contributed by atoms with Crippen LogP contribution in [0.4, 0.5) is 0 Å². The maximum Gasteiger partial charge on any atom is 0.455 e. The molecule has 7 rings (SSSR count). The van der Waals surface area contributed by atoms with E-state index in [1.165, 1.54) is 10.4 Å². The van der Waals surface area contributed by atoms with Crippen molar-refractivity contribution in [3.05, 3.63) is 98.6 Å². The highest BCUT2D eigenvalue weighted by atomic mass is 127. The van der Waals surface area contributed by atoms with E-state index in [4.69, 9.17) is 13.8 Å². The number of halogens is 1. The minimum absolute atomic E-state index is 0.0514. The monoisotopic (exact) mass is 887 g/mol. The Labute approximate surface area is 347 Å². The number of phenolic OH excluding ortho intramolecular Hbond substituents is 1. The Kier molecular flexibility index (Phi) is 12.4. The second kappa shape index (κ2) is 16.9. The summed E-state index contributed by atoms with van der Waals surface area (Å²) in [6, 6.07) is 24.8. The molecule has 4 aliphatic rings. The molecule has 1 saturated carbocycles. The van der Waals surface area contributed by atoms with E-state index in [9.17, 15) is 19.7 Å². The van der Waals surface area contributed by atoms with E-state index in [0.717, 1.165) is 54.4 Å². The number of rotatable bonds is 11. The number of carbonyl (C=O) groups is 2. The highest BCUT2D eigenvalue weighted by Gasteiger charge is 2.59. The first-order valence-corrected chi connectivity index (χ1v) is 23.2. The van der Waals surface area contributed by atoms with Crippen molar-refractivity contribution >= 4 is 66.3 Å². The van der Waals surface area contributed by atoms with E-state index in [0.29, 0.717) is 35.2 Å². The van der Waals surface area contributed by atoms with Crippen LogP contribution in [0.15, 0.2) is 89.5 Å². The summed E-state index contributed by atoms with van der Waals surface area (Å²) in [4.78, 5) is 30.6. The fourth-order valence-corrected chi connectivity index (χ4v) is 15.3. The molecule has 56 heavy (non-hydrogen) atoms. The van der Waals surface area contributed by atoms with E-state index in [1.54, 1.807) is 12.0 Å². The van der Waals surface area contributed by atoms with Crippen LogP contribution in [0.5, 0.6) is 11.5 Å². The van der Waals surface area contributed by atoms with Gasteiger partial charge in [0.1, 0.15) is 0 Å². The Balaban J connectivity index is 1.28. The van der Waals surface area contributed by atoms with Gasteiger partial charge in [0, 0.05) is 6.04 Å². The molecule has 0 radical (unpaired) electrons. The molecule has 0 bridgehead atoms. The molecule has 2 heterocycles. The average Bonchev–Trinajstić information content (AvgIpc) is 3.44. The zero-order chi connectivity index (χ0) is 39.8. The molecule has 2 amide bonds. The first-order valence-electron chi connectivity index (χ1n) is 20.2. The van der Waals surface area contributed by atoms with Crippen molar-refractivity contribution < 1.29 is 33.5 Å². The molecule has 2 saturated heterocycles. The number of benzene rings is 3. The number of ether oxygens (including phenoxy) is 1. The van der Waals surface area contributed by atoms with Gasteiger partial charge in [-0.2, -0.15) is 0 Å². The molecule has 0 unspecified atom stereocenters. The fourth-order valence-electron chi connectivity index (χ4n) is 10.1. The summed E-state index contributed by atoms with van der Waals surface area (Å²) in [5.74, 6) is -0.891. The van der Waals surface area contributed by atoms with Gasteiger partial charge in [0.2, 0.25) is 11.8 Å². The lowest BCUT2D eigenvalue weighted by Crippen LogP contribution is -2.66. The molecular weight excluding hydrogens is 832 g/mol. The Morgan fingerprint density at radius 1 is 0.982 bits per heavy atom. The minimum atomic E-state index is -2.95. The summed E-state index contributed by atoms with van der Waals surface area (Å²) in [6.07, 6.45) is 8.51. The average molecular weight is 888 g/mol. The summed E-state index contributed by atoms with van der Waals surface area (Å²) in [7, 11) is -2.46. The van der Waals surface area contributed by atoms with Crippen LogP contribution in [0.2, 0.25) is 11.4 Å². The first kappa shape index (κ1) is 40.9. The van der Waals surface area contributed by atoms with Gasteiger partial charge in [0.25, 0.3) is 8.32 Å². The van der Waals surface area contributed by atoms with Gasteiger partial charge in [-0.15, -0.1) is 0 Å². The molecule has 0 spiro atoms. The number of phenols is 1. The summed E-state index contributed by atoms with van der Waals surface area (Å²) in [5, 5.41) is 23.8. The Bertz CT molecular complexity index is 1940. The van der Waals surface area contributed by atoms with Gasteiger partial charge in [0.05, 0.1) is 35.2 Å². The van der Waals surface area contributed by atoms with Crippen LogP contribution < -0.4 is 15.1 Å². The Morgan fingerprint density at radius 2 is 1.62 bits per heavy atom. The number of allylic oxidation sites excluding steroid dienone is 1. The fraction of sp³-hybridized carbons (Fsp3) is 0.467. The number of imide groups is 1. The lowest BCUT2D eigenvalue weighted by molar-refractivity contribution is -0.143. The normalized spacial score (nSPS) is 23.7. The van der Waals surface area contributed by atoms with E-state index >= 15 is 0 Å². The topological polar surface area (TPSA) is 106 Å². The summed E-state index contributed by atoms with van der Waals surface area (Å²) in [5.41, 5.74) is 4.09. The van der Waals surface area contributed by atoms with Crippen molar-refractivity contribution in [1.29, 1.82) is 0 Å². The molecule has 3 aromatic rings. The highest BCUT2D eigenvalue weighted by molar-refractivity contribution is 14.1. The molecular formula is C45H55BINO7Si. The van der Waals surface area contributed by atoms with Crippen LogP contribution in [0.25, 0.3) is 6.08 Å². The predicted molar refractivity (Wildman–Crippen MR) is 232 cm³/mol. The lowest BCUT2D eigenvalue weighted by Gasteiger charge is -2.46. The van der Waals surface area contributed by atoms with Crippen LogP contribution in [-0.2, 0) is 18.7 Å². The molecule has 11 heteroatoms. The van der Waals surface area contributed by atoms with Gasteiger partial charge in [0.15, 0.2) is 11.5 Å². The Hall–Kier alpha value is -3.23. The largest absolute Gasteiger partial charge is 0.504 e. The summed E-state index contributed by atoms with van der Waals surface area (Å²) in [6.45, 7) is 9.17. The molecule has 3 fully saturated rings. The zero-order valence-corrected chi connectivity index (χ0v) is 36.5. The summed E-state index contributed by atoms with van der Waals surface area (Å²) >= 11 is 2.11. The molecule has 2 aliphatic heterocycles. The quantitative estimate of drug-likeness (QED) is 0.0874. The number of methoxy groups -OCH3 is 1. The molecule has 0 aromatic heterocycles. The maximum absolute atomic E-state index is 14.5. The van der Waals surface area contributed by atoms with Crippen molar-refractivity contribution in [3.8, 4) is 11.5 Å². The molecule has 2 N–H and O–H groups in total. The lowest BCUT2D eigenvalue weighted by atomic mass is 9.58. The van der Waals surface area contributed by atoms with Crippen LogP contribution in [-0.4, -0.2) is 68.1 Å². The van der Waals surface area contributed by atoms with E-state index in [2.05, 4.69) is 105 Å². The van der Waals surface area contributed by atoms with Gasteiger partial charge in [-0.25, -0.2) is 0 Å². The second-order valence-corrected chi connectivity index (χ2v) is 22.7. The van der Waals surface area contributed by atoms with Gasteiger partial charge >= 0.3 is 7.12 Å².